The van der Waals surface area contributed by atoms with Crippen molar-refractivity contribution in [1.82, 2.24) is 5.32 Å². The smallest absolute Gasteiger partial charge is 0.328 e. The van der Waals surface area contributed by atoms with Gasteiger partial charge in [0.2, 0.25) is 5.91 Å². The fourth-order valence-corrected chi connectivity index (χ4v) is 1.98. The molecule has 0 heterocycles. The monoisotopic (exact) mass is 329 g/mol. The van der Waals surface area contributed by atoms with Gasteiger partial charge < -0.3 is 19.5 Å². The van der Waals surface area contributed by atoms with Crippen LogP contribution in [0.1, 0.15) is 5.56 Å². The van der Waals surface area contributed by atoms with Crippen molar-refractivity contribution in [2.45, 2.75) is 12.5 Å². The standard InChI is InChI=1S/C15H20ClNO5/c1-20-7-8-22-10-14(18)17-13(15(19)21-2)9-11-5-3-4-6-12(11)16/h3-6,13H,7-10H2,1-2H3,(H,17,18)/t13-/m1/s1. The van der Waals surface area contributed by atoms with E-state index in [0.29, 0.717) is 18.2 Å². The van der Waals surface area contributed by atoms with E-state index in [1.165, 1.54) is 7.11 Å². The van der Waals surface area contributed by atoms with E-state index in [9.17, 15) is 9.59 Å². The van der Waals surface area contributed by atoms with Gasteiger partial charge in [-0.1, -0.05) is 29.8 Å². The Balaban J connectivity index is 2.60. The molecule has 1 aromatic carbocycles. The molecule has 1 N–H and O–H groups in total. The highest BCUT2D eigenvalue weighted by atomic mass is 35.5. The van der Waals surface area contributed by atoms with Gasteiger partial charge in [-0.15, -0.1) is 0 Å². The molecular formula is C15H20ClNO5. The van der Waals surface area contributed by atoms with Crippen LogP contribution in [-0.2, 0) is 30.2 Å². The predicted molar refractivity (Wildman–Crippen MR) is 81.8 cm³/mol. The quantitative estimate of drug-likeness (QED) is 0.544. The fraction of sp³-hybridized carbons (Fsp3) is 0.467. The molecule has 0 aliphatic carbocycles. The molecule has 0 unspecified atom stereocenters. The van der Waals surface area contributed by atoms with Crippen LogP contribution in [0, 0.1) is 0 Å². The summed E-state index contributed by atoms with van der Waals surface area (Å²) in [6.45, 7) is 0.546. The van der Waals surface area contributed by atoms with Crippen molar-refractivity contribution in [3.8, 4) is 0 Å². The Bertz CT molecular complexity index is 495. The molecule has 0 saturated carbocycles. The van der Waals surface area contributed by atoms with Crippen LogP contribution < -0.4 is 5.32 Å². The number of hydrogen-bond donors (Lipinski definition) is 1. The van der Waals surface area contributed by atoms with E-state index in [4.69, 9.17) is 25.8 Å². The summed E-state index contributed by atoms with van der Waals surface area (Å²) in [6.07, 6.45) is 0.246. The third kappa shape index (κ3) is 6.43. The maximum absolute atomic E-state index is 11.8. The highest BCUT2D eigenvalue weighted by Crippen LogP contribution is 2.17. The van der Waals surface area contributed by atoms with Crippen LogP contribution in [0.4, 0.5) is 0 Å². The van der Waals surface area contributed by atoms with E-state index in [2.05, 4.69) is 5.32 Å². The number of carbonyl (C=O) groups excluding carboxylic acids is 2. The first-order chi connectivity index (χ1) is 10.6. The van der Waals surface area contributed by atoms with Gasteiger partial charge in [-0.2, -0.15) is 0 Å². The summed E-state index contributed by atoms with van der Waals surface area (Å²) in [6, 6.07) is 6.30. The number of halogens is 1. The van der Waals surface area contributed by atoms with E-state index >= 15 is 0 Å². The van der Waals surface area contributed by atoms with Crippen molar-refractivity contribution in [2.75, 3.05) is 34.0 Å². The molecule has 1 rings (SSSR count). The SMILES string of the molecule is COCCOCC(=O)N[C@H](Cc1ccccc1Cl)C(=O)OC. The van der Waals surface area contributed by atoms with Crippen LogP contribution in [0.3, 0.4) is 0 Å². The number of carbonyl (C=O) groups is 2. The highest BCUT2D eigenvalue weighted by Gasteiger charge is 2.22. The minimum Gasteiger partial charge on any atom is -0.467 e. The van der Waals surface area contributed by atoms with Crippen molar-refractivity contribution in [3.63, 3.8) is 0 Å². The fourth-order valence-electron chi connectivity index (χ4n) is 1.76. The molecule has 1 amide bonds. The molecule has 0 bridgehead atoms. The average Bonchev–Trinajstić information content (AvgIpc) is 2.52. The van der Waals surface area contributed by atoms with E-state index in [1.54, 1.807) is 25.3 Å². The van der Waals surface area contributed by atoms with Crippen molar-refractivity contribution in [1.29, 1.82) is 0 Å². The first kappa shape index (κ1) is 18.4. The zero-order valence-electron chi connectivity index (χ0n) is 12.6. The number of methoxy groups -OCH3 is 2. The Morgan fingerprint density at radius 3 is 2.59 bits per heavy atom. The van der Waals surface area contributed by atoms with Gasteiger partial charge in [-0.05, 0) is 11.6 Å². The number of benzene rings is 1. The van der Waals surface area contributed by atoms with E-state index < -0.39 is 17.9 Å². The van der Waals surface area contributed by atoms with Crippen LogP contribution in [-0.4, -0.2) is 52.0 Å². The molecule has 7 heteroatoms. The Kier molecular flexibility index (Phi) is 8.50. The lowest BCUT2D eigenvalue weighted by molar-refractivity contribution is -0.145. The Morgan fingerprint density at radius 1 is 1.23 bits per heavy atom. The maximum Gasteiger partial charge on any atom is 0.328 e. The number of amides is 1. The summed E-state index contributed by atoms with van der Waals surface area (Å²) in [7, 11) is 2.81. The topological polar surface area (TPSA) is 73.9 Å². The number of esters is 1. The number of hydrogen-bond acceptors (Lipinski definition) is 5. The van der Waals surface area contributed by atoms with Crippen molar-refractivity contribution >= 4 is 23.5 Å². The largest absolute Gasteiger partial charge is 0.467 e. The molecule has 22 heavy (non-hydrogen) atoms. The van der Waals surface area contributed by atoms with Crippen molar-refractivity contribution < 1.29 is 23.8 Å². The van der Waals surface area contributed by atoms with Crippen LogP contribution in [0.5, 0.6) is 0 Å². The van der Waals surface area contributed by atoms with Gasteiger partial charge in [0.05, 0.1) is 20.3 Å². The van der Waals surface area contributed by atoms with Crippen LogP contribution in [0.15, 0.2) is 24.3 Å². The summed E-state index contributed by atoms with van der Waals surface area (Å²) in [5.41, 5.74) is 0.750. The zero-order chi connectivity index (χ0) is 16.4. The summed E-state index contributed by atoms with van der Waals surface area (Å²) < 4.78 is 14.6. The second-order valence-electron chi connectivity index (χ2n) is 4.48. The molecule has 0 aliphatic heterocycles. The first-order valence-electron chi connectivity index (χ1n) is 6.75. The Hall–Kier alpha value is -1.63. The van der Waals surface area contributed by atoms with Crippen LogP contribution in [0.2, 0.25) is 5.02 Å². The molecule has 0 aliphatic rings. The number of ether oxygens (including phenoxy) is 3. The number of nitrogens with one attached hydrogen (secondary N) is 1. The van der Waals surface area contributed by atoms with Gasteiger partial charge in [-0.25, -0.2) is 4.79 Å². The molecule has 6 nitrogen and oxygen atoms in total. The van der Waals surface area contributed by atoms with Crippen LogP contribution >= 0.6 is 11.6 Å². The summed E-state index contributed by atoms with van der Waals surface area (Å²) in [5, 5.41) is 3.11. The van der Waals surface area contributed by atoms with Gasteiger partial charge in [-0.3, -0.25) is 4.79 Å². The highest BCUT2D eigenvalue weighted by molar-refractivity contribution is 6.31. The molecule has 122 valence electrons. The van der Waals surface area contributed by atoms with Crippen molar-refractivity contribution in [2.24, 2.45) is 0 Å². The van der Waals surface area contributed by atoms with E-state index in [-0.39, 0.29) is 13.0 Å². The van der Waals surface area contributed by atoms with E-state index in [0.717, 1.165) is 5.56 Å². The van der Waals surface area contributed by atoms with Crippen LogP contribution in [0.25, 0.3) is 0 Å². The van der Waals surface area contributed by atoms with Gasteiger partial charge in [0.15, 0.2) is 0 Å². The minimum absolute atomic E-state index is 0.153. The molecule has 0 fully saturated rings. The summed E-state index contributed by atoms with van der Waals surface area (Å²) in [4.78, 5) is 23.6. The minimum atomic E-state index is -0.816. The summed E-state index contributed by atoms with van der Waals surface area (Å²) in [5.74, 6) is -0.941. The maximum atomic E-state index is 11.8. The molecule has 0 spiro atoms. The molecular weight excluding hydrogens is 310 g/mol. The third-order valence-corrected chi connectivity index (χ3v) is 3.24. The Labute approximate surface area is 134 Å². The molecule has 1 atom stereocenters. The van der Waals surface area contributed by atoms with Gasteiger partial charge in [0, 0.05) is 18.6 Å². The molecule has 1 aromatic rings. The zero-order valence-corrected chi connectivity index (χ0v) is 13.4. The van der Waals surface area contributed by atoms with Gasteiger partial charge in [0.25, 0.3) is 0 Å². The summed E-state index contributed by atoms with van der Waals surface area (Å²) >= 11 is 6.07. The Morgan fingerprint density at radius 2 is 1.95 bits per heavy atom. The second-order valence-corrected chi connectivity index (χ2v) is 4.89. The third-order valence-electron chi connectivity index (χ3n) is 2.87. The molecule has 0 aromatic heterocycles. The van der Waals surface area contributed by atoms with Crippen molar-refractivity contribution in [3.05, 3.63) is 34.9 Å². The normalized spacial score (nSPS) is 11.8. The lowest BCUT2D eigenvalue weighted by Crippen LogP contribution is -2.44. The molecule has 0 saturated heterocycles. The predicted octanol–water partition coefficient (Wildman–Crippen LogP) is 1.20. The lowest BCUT2D eigenvalue weighted by Gasteiger charge is -2.17. The molecule has 0 radical (unpaired) electrons. The number of rotatable bonds is 9. The average molecular weight is 330 g/mol. The first-order valence-corrected chi connectivity index (χ1v) is 7.13. The second kappa shape index (κ2) is 10.2. The van der Waals surface area contributed by atoms with E-state index in [1.807, 2.05) is 6.07 Å². The lowest BCUT2D eigenvalue weighted by atomic mass is 10.1. The van der Waals surface area contributed by atoms with Gasteiger partial charge in [0.1, 0.15) is 12.6 Å². The van der Waals surface area contributed by atoms with Gasteiger partial charge >= 0.3 is 5.97 Å².